The number of aromatic nitrogens is 4. The molecule has 0 bridgehead atoms. The summed E-state index contributed by atoms with van der Waals surface area (Å²) >= 11 is 3.64. The number of rotatable bonds is 7. The number of halogens is 1. The van der Waals surface area contributed by atoms with Crippen molar-refractivity contribution in [2.75, 3.05) is 57.4 Å². The Labute approximate surface area is 266 Å². The maximum absolute atomic E-state index is 13.5. The predicted octanol–water partition coefficient (Wildman–Crippen LogP) is 4.33. The molecule has 0 spiro atoms. The van der Waals surface area contributed by atoms with E-state index in [1.807, 2.05) is 24.0 Å². The number of amides is 1. The highest BCUT2D eigenvalue weighted by Crippen LogP contribution is 2.35. The van der Waals surface area contributed by atoms with Crippen LogP contribution in [0.25, 0.3) is 28.2 Å². The molecular weight excluding hydrogens is 644 g/mol. The van der Waals surface area contributed by atoms with Crippen molar-refractivity contribution in [1.82, 2.24) is 33.6 Å². The number of aryl methyl sites for hydroxylation is 1. The molecule has 2 fully saturated rings. The molecule has 0 unspecified atom stereocenters. The summed E-state index contributed by atoms with van der Waals surface area (Å²) in [5.41, 5.74) is 7.76. The quantitative estimate of drug-likeness (QED) is 0.298. The second-order valence-electron chi connectivity index (χ2n) is 11.8. The highest BCUT2D eigenvalue weighted by molar-refractivity contribution is 9.10. The molecule has 234 valence electrons. The maximum Gasteiger partial charge on any atom is 0.254 e. The van der Waals surface area contributed by atoms with E-state index in [4.69, 9.17) is 4.98 Å². The summed E-state index contributed by atoms with van der Waals surface area (Å²) in [5.74, 6) is 0.866. The first kappa shape index (κ1) is 30.8. The zero-order chi connectivity index (χ0) is 31.3. The molecule has 2 N–H and O–H groups in total. The third kappa shape index (κ3) is 5.55. The topological polar surface area (TPSA) is 119 Å². The molecule has 0 saturated carbocycles. The molecule has 13 heteroatoms. The average molecular weight is 684 g/mol. The van der Waals surface area contributed by atoms with Crippen molar-refractivity contribution in [2.24, 2.45) is 0 Å². The van der Waals surface area contributed by atoms with E-state index >= 15 is 0 Å². The van der Waals surface area contributed by atoms with Gasteiger partial charge in [0.05, 0.1) is 15.9 Å². The molecule has 3 aromatic heterocycles. The summed E-state index contributed by atoms with van der Waals surface area (Å²) in [5, 5.41) is 3.55. The lowest BCUT2D eigenvalue weighted by atomic mass is 10.0. The van der Waals surface area contributed by atoms with Gasteiger partial charge in [-0.15, -0.1) is 0 Å². The third-order valence-electron chi connectivity index (χ3n) is 8.98. The largest absolute Gasteiger partial charge is 0.378 e. The molecule has 1 aromatic carbocycles. The Morgan fingerprint density at radius 3 is 2.61 bits per heavy atom. The summed E-state index contributed by atoms with van der Waals surface area (Å²) in [6.45, 7) is 12.0. The SMILES string of the molecule is CCS(=O)(=O)N1CC[C@H](Nc2c(Br)cnc3nc(-c4cc(C)n(-c5cccc(C(=O)N6CCN(C)CC6)c5C)c4C)[nH]c23)C1. The average Bonchev–Trinajstić information content (AvgIpc) is 3.73. The molecule has 5 heterocycles. The van der Waals surface area contributed by atoms with E-state index < -0.39 is 10.0 Å². The molecule has 6 rings (SSSR count). The Kier molecular flexibility index (Phi) is 8.33. The number of hydrogen-bond donors (Lipinski definition) is 2. The van der Waals surface area contributed by atoms with Gasteiger partial charge >= 0.3 is 0 Å². The van der Waals surface area contributed by atoms with E-state index in [1.54, 1.807) is 17.4 Å². The lowest BCUT2D eigenvalue weighted by Gasteiger charge is -2.33. The standard InChI is InChI=1S/C31H39BrN8O3S/c1-6-44(42,43)39-11-10-22(18-39)34-27-25(32)17-33-30-28(27)35-29(36-30)24-16-19(2)40(21(24)4)26-9-7-8-23(20(26)3)31(41)38-14-12-37(5)13-15-38/h7-9,16-17,22H,6,10-15,18H2,1-5H3,(H2,33,34,35,36)/t22-/m0/s1. The number of sulfonamides is 1. The molecule has 2 aliphatic heterocycles. The Bertz CT molecular complexity index is 1840. The molecule has 4 aromatic rings. The van der Waals surface area contributed by atoms with E-state index in [2.05, 4.69) is 73.7 Å². The Morgan fingerprint density at radius 2 is 1.89 bits per heavy atom. The zero-order valence-corrected chi connectivity index (χ0v) is 28.2. The minimum absolute atomic E-state index is 0.0288. The number of aromatic amines is 1. The zero-order valence-electron chi connectivity index (χ0n) is 25.8. The Balaban J connectivity index is 1.32. The smallest absolute Gasteiger partial charge is 0.254 e. The van der Waals surface area contributed by atoms with Crippen LogP contribution in [-0.4, -0.2) is 106 Å². The number of likely N-dealkylation sites (N-methyl/N-ethyl adjacent to an activating group) is 1. The van der Waals surface area contributed by atoms with Crippen LogP contribution in [0.1, 0.15) is 40.7 Å². The van der Waals surface area contributed by atoms with Crippen LogP contribution in [0.15, 0.2) is 34.9 Å². The molecule has 0 radical (unpaired) electrons. The predicted molar refractivity (Wildman–Crippen MR) is 177 cm³/mol. The first-order valence-corrected chi connectivity index (χ1v) is 17.4. The van der Waals surface area contributed by atoms with Crippen LogP contribution < -0.4 is 5.32 Å². The van der Waals surface area contributed by atoms with Crippen molar-refractivity contribution in [3.05, 3.63) is 57.4 Å². The third-order valence-corrected chi connectivity index (χ3v) is 11.4. The summed E-state index contributed by atoms with van der Waals surface area (Å²) < 4.78 is 29.3. The second kappa shape index (κ2) is 11.9. The normalized spacial score (nSPS) is 18.4. The van der Waals surface area contributed by atoms with E-state index in [-0.39, 0.29) is 17.7 Å². The number of carbonyl (C=O) groups is 1. The molecule has 11 nitrogen and oxygen atoms in total. The molecule has 1 atom stereocenters. The fourth-order valence-electron chi connectivity index (χ4n) is 6.34. The van der Waals surface area contributed by atoms with Crippen LogP contribution in [0.2, 0.25) is 0 Å². The number of nitrogens with zero attached hydrogens (tertiary/aromatic N) is 6. The molecule has 2 saturated heterocycles. The number of H-pyrrole nitrogens is 1. The van der Waals surface area contributed by atoms with Crippen LogP contribution in [0.5, 0.6) is 0 Å². The van der Waals surface area contributed by atoms with Gasteiger partial charge in [-0.1, -0.05) is 6.07 Å². The molecular formula is C31H39BrN8O3S. The van der Waals surface area contributed by atoms with Gasteiger partial charge in [-0.25, -0.2) is 18.4 Å². The number of pyridine rings is 1. The number of carbonyl (C=O) groups excluding carboxylic acids is 1. The number of fused-ring (bicyclic) bond motifs is 1. The maximum atomic E-state index is 13.5. The van der Waals surface area contributed by atoms with Gasteiger partial charge in [0.25, 0.3) is 5.91 Å². The summed E-state index contributed by atoms with van der Waals surface area (Å²) in [4.78, 5) is 30.6. The molecule has 2 aliphatic rings. The van der Waals surface area contributed by atoms with Gasteiger partial charge in [-0.3, -0.25) is 4.79 Å². The van der Waals surface area contributed by atoms with Crippen molar-refractivity contribution in [3.63, 3.8) is 0 Å². The van der Waals surface area contributed by atoms with Crippen molar-refractivity contribution in [2.45, 2.75) is 40.2 Å². The fourth-order valence-corrected chi connectivity index (χ4v) is 7.91. The number of hydrogen-bond acceptors (Lipinski definition) is 7. The Hall–Kier alpha value is -3.26. The lowest BCUT2D eigenvalue weighted by molar-refractivity contribution is 0.0663. The van der Waals surface area contributed by atoms with E-state index in [9.17, 15) is 13.2 Å². The van der Waals surface area contributed by atoms with E-state index in [1.165, 1.54) is 0 Å². The monoisotopic (exact) mass is 682 g/mol. The summed E-state index contributed by atoms with van der Waals surface area (Å²) in [7, 11) is -1.15. The van der Waals surface area contributed by atoms with Crippen LogP contribution in [0.4, 0.5) is 5.69 Å². The second-order valence-corrected chi connectivity index (χ2v) is 14.9. The molecule has 1 amide bonds. The van der Waals surface area contributed by atoms with Gasteiger partial charge in [0.2, 0.25) is 10.0 Å². The highest BCUT2D eigenvalue weighted by Gasteiger charge is 2.31. The number of nitrogens with one attached hydrogen (secondary N) is 2. The number of benzene rings is 1. The number of piperazine rings is 1. The van der Waals surface area contributed by atoms with Gasteiger partial charge in [-0.2, -0.15) is 4.31 Å². The minimum Gasteiger partial charge on any atom is -0.378 e. The first-order chi connectivity index (χ1) is 21.0. The minimum atomic E-state index is -3.23. The van der Waals surface area contributed by atoms with E-state index in [0.29, 0.717) is 31.0 Å². The number of anilines is 1. The highest BCUT2D eigenvalue weighted by atomic mass is 79.9. The van der Waals surface area contributed by atoms with Crippen LogP contribution >= 0.6 is 15.9 Å². The van der Waals surface area contributed by atoms with Crippen LogP contribution in [0, 0.1) is 20.8 Å². The van der Waals surface area contributed by atoms with Gasteiger partial charge in [0, 0.05) is 79.7 Å². The molecule has 44 heavy (non-hydrogen) atoms. The molecule has 0 aliphatic carbocycles. The van der Waals surface area contributed by atoms with E-state index in [0.717, 1.165) is 75.6 Å². The van der Waals surface area contributed by atoms with Crippen LogP contribution in [0.3, 0.4) is 0 Å². The summed E-state index contributed by atoms with van der Waals surface area (Å²) in [6.07, 6.45) is 2.44. The van der Waals surface area contributed by atoms with Gasteiger partial charge < -0.3 is 24.7 Å². The van der Waals surface area contributed by atoms with Crippen LogP contribution in [-0.2, 0) is 10.0 Å². The fraction of sp³-hybridized carbons (Fsp3) is 0.452. The van der Waals surface area contributed by atoms with Crippen molar-refractivity contribution in [3.8, 4) is 17.1 Å². The summed E-state index contributed by atoms with van der Waals surface area (Å²) in [6, 6.07) is 8.02. The van der Waals surface area contributed by atoms with Crippen molar-refractivity contribution < 1.29 is 13.2 Å². The number of imidazole rings is 1. The van der Waals surface area contributed by atoms with Gasteiger partial charge in [-0.05, 0) is 80.9 Å². The first-order valence-electron chi connectivity index (χ1n) is 15.0. The van der Waals surface area contributed by atoms with Crippen molar-refractivity contribution in [1.29, 1.82) is 0 Å². The van der Waals surface area contributed by atoms with Gasteiger partial charge in [0.15, 0.2) is 5.65 Å². The van der Waals surface area contributed by atoms with Crippen molar-refractivity contribution >= 4 is 48.7 Å². The lowest BCUT2D eigenvalue weighted by Crippen LogP contribution is -2.47. The Morgan fingerprint density at radius 1 is 1.14 bits per heavy atom. The van der Waals surface area contributed by atoms with Gasteiger partial charge in [0.1, 0.15) is 11.3 Å².